The van der Waals surface area contributed by atoms with Crippen LogP contribution in [0.3, 0.4) is 0 Å². The first-order valence-corrected chi connectivity index (χ1v) is 5.32. The zero-order valence-corrected chi connectivity index (χ0v) is 9.01. The fourth-order valence-electron chi connectivity index (χ4n) is 1.81. The Morgan fingerprint density at radius 2 is 1.76 bits per heavy atom. The smallest absolute Gasteiger partial charge is 0.367 e. The molecule has 90 valence electrons. The zero-order valence-electron chi connectivity index (χ0n) is 9.01. The van der Waals surface area contributed by atoms with E-state index in [9.17, 15) is 13.2 Å². The van der Waals surface area contributed by atoms with Crippen LogP contribution in [0.1, 0.15) is 24.8 Å². The van der Waals surface area contributed by atoms with E-state index in [4.69, 9.17) is 5.26 Å². The predicted molar refractivity (Wildman–Crippen MR) is 57.3 cm³/mol. The van der Waals surface area contributed by atoms with Crippen LogP contribution >= 0.6 is 0 Å². The second-order valence-electron chi connectivity index (χ2n) is 4.25. The summed E-state index contributed by atoms with van der Waals surface area (Å²) < 4.78 is 37.0. The van der Waals surface area contributed by atoms with E-state index < -0.39 is 17.3 Å². The molecule has 0 heterocycles. The molecule has 2 rings (SSSR count). The number of hydrogen-bond donors (Lipinski definition) is 1. The summed E-state index contributed by atoms with van der Waals surface area (Å²) in [4.78, 5) is 0. The van der Waals surface area contributed by atoms with Gasteiger partial charge in [-0.3, -0.25) is 0 Å². The van der Waals surface area contributed by atoms with Gasteiger partial charge in [-0.05, 0) is 43.5 Å². The molecule has 1 aromatic rings. The first-order chi connectivity index (χ1) is 7.95. The zero-order chi connectivity index (χ0) is 12.5. The standard InChI is InChI=1S/C12H11F3N2/c13-12(14,15)9-2-4-10(5-3-9)17-11(8-16)6-1-7-11/h2-5,17H,1,6-7H2. The van der Waals surface area contributed by atoms with Gasteiger partial charge in [-0.15, -0.1) is 0 Å². The average molecular weight is 240 g/mol. The molecule has 0 amide bonds. The van der Waals surface area contributed by atoms with Crippen molar-refractivity contribution in [3.8, 4) is 6.07 Å². The molecule has 1 aliphatic carbocycles. The lowest BCUT2D eigenvalue weighted by atomic mass is 9.78. The van der Waals surface area contributed by atoms with Crippen molar-refractivity contribution in [2.75, 3.05) is 5.32 Å². The first-order valence-electron chi connectivity index (χ1n) is 5.32. The maximum Gasteiger partial charge on any atom is 0.416 e. The number of halogens is 3. The van der Waals surface area contributed by atoms with Gasteiger partial charge in [0.2, 0.25) is 0 Å². The molecule has 1 fully saturated rings. The Morgan fingerprint density at radius 3 is 2.12 bits per heavy atom. The molecule has 0 aliphatic heterocycles. The van der Waals surface area contributed by atoms with Crippen molar-refractivity contribution in [3.63, 3.8) is 0 Å². The minimum Gasteiger partial charge on any atom is -0.367 e. The van der Waals surface area contributed by atoms with Crippen molar-refractivity contribution >= 4 is 5.69 Å². The maximum atomic E-state index is 12.3. The topological polar surface area (TPSA) is 35.8 Å². The Kier molecular flexibility index (Phi) is 2.74. The lowest BCUT2D eigenvalue weighted by Crippen LogP contribution is -2.43. The van der Waals surface area contributed by atoms with Gasteiger partial charge in [-0.1, -0.05) is 0 Å². The summed E-state index contributed by atoms with van der Waals surface area (Å²) in [6.07, 6.45) is -1.86. The summed E-state index contributed by atoms with van der Waals surface area (Å²) in [5.74, 6) is 0. The normalized spacial score (nSPS) is 18.0. The van der Waals surface area contributed by atoms with E-state index in [0.717, 1.165) is 31.4 Å². The third-order valence-electron chi connectivity index (χ3n) is 3.02. The molecule has 0 radical (unpaired) electrons. The Labute approximate surface area is 97.1 Å². The predicted octanol–water partition coefficient (Wildman–Crippen LogP) is 3.56. The number of hydrogen-bond acceptors (Lipinski definition) is 2. The molecule has 1 aromatic carbocycles. The molecule has 0 bridgehead atoms. The van der Waals surface area contributed by atoms with E-state index in [-0.39, 0.29) is 0 Å². The van der Waals surface area contributed by atoms with E-state index in [1.54, 1.807) is 0 Å². The number of nitrogens with zero attached hydrogens (tertiary/aromatic N) is 1. The second-order valence-corrected chi connectivity index (χ2v) is 4.25. The summed E-state index contributed by atoms with van der Waals surface area (Å²) in [7, 11) is 0. The summed E-state index contributed by atoms with van der Waals surface area (Å²) in [5, 5.41) is 12.0. The van der Waals surface area contributed by atoms with Crippen LogP contribution < -0.4 is 5.32 Å². The molecule has 17 heavy (non-hydrogen) atoms. The molecule has 2 nitrogen and oxygen atoms in total. The second kappa shape index (κ2) is 3.95. The molecular weight excluding hydrogens is 229 g/mol. The van der Waals surface area contributed by atoms with Gasteiger partial charge in [-0.2, -0.15) is 18.4 Å². The Morgan fingerprint density at radius 1 is 1.18 bits per heavy atom. The number of nitriles is 1. The fraction of sp³-hybridized carbons (Fsp3) is 0.417. The van der Waals surface area contributed by atoms with Crippen molar-refractivity contribution in [3.05, 3.63) is 29.8 Å². The lowest BCUT2D eigenvalue weighted by molar-refractivity contribution is -0.137. The van der Waals surface area contributed by atoms with Crippen molar-refractivity contribution < 1.29 is 13.2 Å². The summed E-state index contributed by atoms with van der Waals surface area (Å²) >= 11 is 0. The first kappa shape index (κ1) is 11.8. The van der Waals surface area contributed by atoms with Crippen LogP contribution in [0.25, 0.3) is 0 Å². The largest absolute Gasteiger partial charge is 0.416 e. The SMILES string of the molecule is N#CC1(Nc2ccc(C(F)(F)F)cc2)CCC1. The molecule has 1 N–H and O–H groups in total. The lowest BCUT2D eigenvalue weighted by Gasteiger charge is -2.36. The third kappa shape index (κ3) is 2.36. The summed E-state index contributed by atoms with van der Waals surface area (Å²) in [6.45, 7) is 0. The van der Waals surface area contributed by atoms with E-state index in [2.05, 4.69) is 11.4 Å². The van der Waals surface area contributed by atoms with Crippen molar-refractivity contribution in [1.29, 1.82) is 5.26 Å². The van der Waals surface area contributed by atoms with Gasteiger partial charge < -0.3 is 5.32 Å². The van der Waals surface area contributed by atoms with Gasteiger partial charge in [0.25, 0.3) is 0 Å². The molecule has 1 saturated carbocycles. The minimum absolute atomic E-state index is 0.555. The monoisotopic (exact) mass is 240 g/mol. The highest BCUT2D eigenvalue weighted by Gasteiger charge is 2.37. The van der Waals surface area contributed by atoms with E-state index in [1.165, 1.54) is 12.1 Å². The van der Waals surface area contributed by atoms with Crippen LogP contribution in [-0.2, 0) is 6.18 Å². The van der Waals surface area contributed by atoms with Crippen molar-refractivity contribution in [1.82, 2.24) is 0 Å². The van der Waals surface area contributed by atoms with Crippen molar-refractivity contribution in [2.24, 2.45) is 0 Å². The highest BCUT2D eigenvalue weighted by Crippen LogP contribution is 2.35. The maximum absolute atomic E-state index is 12.3. The number of nitrogens with one attached hydrogen (secondary N) is 1. The highest BCUT2D eigenvalue weighted by atomic mass is 19.4. The van der Waals surface area contributed by atoms with Gasteiger partial charge in [0.05, 0.1) is 11.6 Å². The minimum atomic E-state index is -4.32. The Hall–Kier alpha value is -1.70. The third-order valence-corrected chi connectivity index (χ3v) is 3.02. The fourth-order valence-corrected chi connectivity index (χ4v) is 1.81. The summed E-state index contributed by atoms with van der Waals surface area (Å²) in [5.41, 5.74) is -0.707. The van der Waals surface area contributed by atoms with Crippen LogP contribution in [-0.4, -0.2) is 5.54 Å². The van der Waals surface area contributed by atoms with Crippen LogP contribution in [0, 0.1) is 11.3 Å². The average Bonchev–Trinajstić information content (AvgIpc) is 2.23. The van der Waals surface area contributed by atoms with Gasteiger partial charge >= 0.3 is 6.18 Å². The molecule has 0 spiro atoms. The number of benzene rings is 1. The van der Waals surface area contributed by atoms with E-state index in [0.29, 0.717) is 5.69 Å². The number of alkyl halides is 3. The van der Waals surface area contributed by atoms with Crippen molar-refractivity contribution in [2.45, 2.75) is 31.0 Å². The van der Waals surface area contributed by atoms with Gasteiger partial charge in [-0.25, -0.2) is 0 Å². The molecular formula is C12H11F3N2. The van der Waals surface area contributed by atoms with Crippen LogP contribution in [0.4, 0.5) is 18.9 Å². The van der Waals surface area contributed by atoms with Gasteiger partial charge in [0.1, 0.15) is 5.54 Å². The molecule has 1 aliphatic rings. The van der Waals surface area contributed by atoms with Gasteiger partial charge in [0, 0.05) is 5.69 Å². The van der Waals surface area contributed by atoms with Crippen LogP contribution in [0.2, 0.25) is 0 Å². The van der Waals surface area contributed by atoms with Crippen LogP contribution in [0.15, 0.2) is 24.3 Å². The van der Waals surface area contributed by atoms with Crippen LogP contribution in [0.5, 0.6) is 0 Å². The Balaban J connectivity index is 2.12. The number of anilines is 1. The molecule has 5 heteroatoms. The number of rotatable bonds is 2. The highest BCUT2D eigenvalue weighted by molar-refractivity contribution is 5.50. The molecule has 0 unspecified atom stereocenters. The quantitative estimate of drug-likeness (QED) is 0.857. The molecule has 0 atom stereocenters. The Bertz CT molecular complexity index is 438. The summed E-state index contributed by atoms with van der Waals surface area (Å²) in [6, 6.07) is 6.94. The van der Waals surface area contributed by atoms with Gasteiger partial charge in [0.15, 0.2) is 0 Å². The van der Waals surface area contributed by atoms with E-state index in [1.807, 2.05) is 0 Å². The molecule has 0 aromatic heterocycles. The molecule has 0 saturated heterocycles. The van der Waals surface area contributed by atoms with E-state index >= 15 is 0 Å².